The Bertz CT molecular complexity index is 1290. The number of carbonyl (C=O) groups excluding carboxylic acids is 2. The monoisotopic (exact) mass is 584 g/mol. The van der Waals surface area contributed by atoms with Gasteiger partial charge in [0.25, 0.3) is 0 Å². The summed E-state index contributed by atoms with van der Waals surface area (Å²) >= 11 is 12.9. The van der Waals surface area contributed by atoms with E-state index in [1.165, 1.54) is 24.3 Å². The number of aromatic nitrogens is 2. The van der Waals surface area contributed by atoms with Crippen molar-refractivity contribution in [2.75, 3.05) is 0 Å². The van der Waals surface area contributed by atoms with Crippen LogP contribution in [0.1, 0.15) is 19.3 Å². The minimum atomic E-state index is -1.17. The quantitative estimate of drug-likeness (QED) is 0.177. The number of fused-ring (bicyclic) bond motifs is 3. The second-order valence-electron chi connectivity index (χ2n) is 6.00. The smallest absolute Gasteiger partial charge is 0.544 e. The van der Waals surface area contributed by atoms with E-state index in [2.05, 4.69) is 34.2 Å². The van der Waals surface area contributed by atoms with Crippen molar-refractivity contribution in [3.63, 3.8) is 0 Å². The first kappa shape index (κ1) is 29.5. The summed E-state index contributed by atoms with van der Waals surface area (Å²) in [4.78, 5) is 29.1. The van der Waals surface area contributed by atoms with Crippen LogP contribution in [0.25, 0.3) is 21.8 Å². The van der Waals surface area contributed by atoms with E-state index in [-0.39, 0.29) is 32.3 Å². The van der Waals surface area contributed by atoms with Gasteiger partial charge >= 0.3 is 17.1 Å². The number of halogens is 2. The summed E-state index contributed by atoms with van der Waals surface area (Å²) in [6.45, 7) is 0. The molecule has 0 spiro atoms. The fraction of sp³-hybridized carbons (Fsp3) is 0. The van der Waals surface area contributed by atoms with Crippen LogP contribution in [0.2, 0.25) is 8.67 Å². The molecule has 0 aliphatic rings. The third-order valence-electron chi connectivity index (χ3n) is 3.89. The van der Waals surface area contributed by atoms with Crippen LogP contribution >= 0.6 is 45.9 Å². The van der Waals surface area contributed by atoms with Crippen LogP contribution in [-0.4, -0.2) is 21.9 Å². The maximum Gasteiger partial charge on any atom is 2.00 e. The molecule has 0 amide bonds. The van der Waals surface area contributed by atoms with E-state index >= 15 is 0 Å². The van der Waals surface area contributed by atoms with Gasteiger partial charge in [0.05, 0.1) is 41.4 Å². The zero-order valence-corrected chi connectivity index (χ0v) is 21.0. The van der Waals surface area contributed by atoms with E-state index in [0.717, 1.165) is 44.5 Å². The number of nitrogens with zero attached hydrogens (tertiary/aromatic N) is 2. The first-order chi connectivity index (χ1) is 15.3. The number of carboxylic acid groups (broad SMARTS) is 2. The molecule has 1 radical (unpaired) electrons. The van der Waals surface area contributed by atoms with Gasteiger partial charge in [-0.3, -0.25) is 9.97 Å². The molecule has 1 aromatic carbocycles. The molecular weight excluding hydrogens is 571 g/mol. The van der Waals surface area contributed by atoms with Crippen molar-refractivity contribution in [1.29, 1.82) is 0 Å². The second kappa shape index (κ2) is 14.0. The van der Waals surface area contributed by atoms with E-state index in [0.29, 0.717) is 8.67 Å². The van der Waals surface area contributed by atoms with Crippen molar-refractivity contribution in [3.8, 4) is 0 Å². The molecular formula is C22H15Cl2CuN2O5S2+. The van der Waals surface area contributed by atoms with Gasteiger partial charge in [0.15, 0.2) is 0 Å². The predicted octanol–water partition coefficient (Wildman–Crippen LogP) is 3.39. The van der Waals surface area contributed by atoms with Crippen molar-refractivity contribution in [2.45, 2.75) is 0 Å². The maximum absolute atomic E-state index is 10.1. The van der Waals surface area contributed by atoms with Crippen LogP contribution in [0.15, 0.2) is 73.1 Å². The van der Waals surface area contributed by atoms with Crippen LogP contribution in [0.5, 0.6) is 0 Å². The molecule has 0 saturated carbocycles. The van der Waals surface area contributed by atoms with Gasteiger partial charge in [0.2, 0.25) is 0 Å². The number of hydrogen-bond acceptors (Lipinski definition) is 8. The number of hydrogen-bond donors (Lipinski definition) is 0. The van der Waals surface area contributed by atoms with Gasteiger partial charge in [0.1, 0.15) is 0 Å². The first-order valence-electron chi connectivity index (χ1n) is 8.87. The summed E-state index contributed by atoms with van der Waals surface area (Å²) in [7, 11) is 0. The van der Waals surface area contributed by atoms with Crippen molar-refractivity contribution >= 4 is 79.6 Å². The SMILES string of the molecule is O=C([O-])c1ccc(Cl)s1.O=C([O-])c1ccc(Cl)s1.[Cu+2].[OH3+].c1cnc2c(c1)ccc1cccnc12. The van der Waals surface area contributed by atoms with Crippen molar-refractivity contribution in [1.82, 2.24) is 9.97 Å². The third kappa shape index (κ3) is 8.03. The number of benzene rings is 1. The van der Waals surface area contributed by atoms with Gasteiger partial charge < -0.3 is 25.3 Å². The van der Waals surface area contributed by atoms with Gasteiger partial charge in [0, 0.05) is 23.2 Å². The number of aromatic carboxylic acids is 2. The maximum atomic E-state index is 10.1. The molecule has 5 aromatic rings. The number of pyridine rings is 2. The van der Waals surface area contributed by atoms with Crippen LogP contribution in [0.3, 0.4) is 0 Å². The number of rotatable bonds is 2. The molecule has 7 nitrogen and oxygen atoms in total. The zero-order chi connectivity index (χ0) is 23.1. The molecule has 0 atom stereocenters. The van der Waals surface area contributed by atoms with Crippen LogP contribution in [0, 0.1) is 0 Å². The summed E-state index contributed by atoms with van der Waals surface area (Å²) in [5.41, 5.74) is 1.95. The Morgan fingerprint density at radius 1 is 0.676 bits per heavy atom. The van der Waals surface area contributed by atoms with Gasteiger partial charge in [-0.15, -0.1) is 22.7 Å². The van der Waals surface area contributed by atoms with E-state index in [4.69, 9.17) is 23.2 Å². The minimum Gasteiger partial charge on any atom is -0.544 e. The Hall–Kier alpha value is -2.56. The van der Waals surface area contributed by atoms with Crippen molar-refractivity contribution in [3.05, 3.63) is 91.5 Å². The van der Waals surface area contributed by atoms with Gasteiger partial charge in [-0.25, -0.2) is 0 Å². The molecule has 3 N–H and O–H groups in total. The Balaban J connectivity index is 0.000000258. The fourth-order valence-electron chi connectivity index (χ4n) is 2.53. The van der Waals surface area contributed by atoms with Crippen LogP contribution in [-0.2, 0) is 22.5 Å². The van der Waals surface area contributed by atoms with E-state index in [9.17, 15) is 19.8 Å². The van der Waals surface area contributed by atoms with Gasteiger partial charge in [-0.05, 0) is 36.4 Å². The number of carbonyl (C=O) groups is 2. The molecule has 0 aliphatic heterocycles. The molecule has 0 saturated heterocycles. The van der Waals surface area contributed by atoms with Crippen molar-refractivity contribution < 1.29 is 42.3 Å². The normalized spacial score (nSPS) is 9.47. The first-order valence-corrected chi connectivity index (χ1v) is 11.3. The molecule has 0 aliphatic carbocycles. The Morgan fingerprint density at radius 2 is 1.06 bits per heavy atom. The molecule has 179 valence electrons. The topological polar surface area (TPSA) is 139 Å². The van der Waals surface area contributed by atoms with Crippen LogP contribution in [0.4, 0.5) is 0 Å². The fourth-order valence-corrected chi connectivity index (χ4v) is 4.28. The summed E-state index contributed by atoms with van der Waals surface area (Å²) < 4.78 is 0.934. The molecule has 0 bridgehead atoms. The third-order valence-corrected chi connectivity index (χ3v) is 6.32. The Kier molecular flexibility index (Phi) is 12.1. The molecule has 5 rings (SSSR count). The summed E-state index contributed by atoms with van der Waals surface area (Å²) in [6.07, 6.45) is 3.60. The van der Waals surface area contributed by atoms with Gasteiger partial charge in [-0.1, -0.05) is 47.5 Å². The summed E-state index contributed by atoms with van der Waals surface area (Å²) in [5.74, 6) is -2.35. The zero-order valence-electron chi connectivity index (χ0n) is 16.9. The van der Waals surface area contributed by atoms with Crippen LogP contribution < -0.4 is 10.2 Å². The molecule has 0 fully saturated rings. The summed E-state index contributed by atoms with van der Waals surface area (Å²) in [5, 5.41) is 22.4. The molecule has 0 unspecified atom stereocenters. The minimum absolute atomic E-state index is 0. The Morgan fingerprint density at radius 3 is 1.32 bits per heavy atom. The van der Waals surface area contributed by atoms with E-state index in [1.54, 1.807) is 12.4 Å². The molecule has 4 aromatic heterocycles. The number of carboxylic acids is 2. The number of thiophene rings is 2. The van der Waals surface area contributed by atoms with E-state index in [1.807, 2.05) is 12.1 Å². The molecule has 12 heteroatoms. The average Bonchev–Trinajstić information content (AvgIpc) is 3.43. The molecule has 34 heavy (non-hydrogen) atoms. The Labute approximate surface area is 222 Å². The average molecular weight is 586 g/mol. The standard InChI is InChI=1S/C12H8N2.2C5H3ClO2S.Cu.H2O/c1-3-9-5-6-10-4-2-8-14-12(10)11(9)13-7-1;2*6-4-2-1-3(9-4)5(7)8;;/h1-8H;2*1-2H,(H,7,8);;1H2/q;;;+2;/p-1. The second-order valence-corrected chi connectivity index (χ2v) is 9.43. The van der Waals surface area contributed by atoms with Gasteiger partial charge in [-0.2, -0.15) is 0 Å². The van der Waals surface area contributed by atoms with Crippen molar-refractivity contribution in [2.24, 2.45) is 0 Å². The largest absolute Gasteiger partial charge is 2.00 e. The predicted molar refractivity (Wildman–Crippen MR) is 129 cm³/mol. The summed E-state index contributed by atoms with van der Waals surface area (Å²) in [6, 6.07) is 18.0. The molecule has 4 heterocycles. The van der Waals surface area contributed by atoms with E-state index < -0.39 is 11.9 Å².